The molecule has 0 unspecified atom stereocenters. The van der Waals surface area contributed by atoms with Gasteiger partial charge in [0.25, 0.3) is 5.91 Å². The van der Waals surface area contributed by atoms with E-state index in [2.05, 4.69) is 25.7 Å². The first kappa shape index (κ1) is 21.1. The van der Waals surface area contributed by atoms with E-state index in [0.717, 1.165) is 37.8 Å². The molecule has 2 aromatic rings. The fraction of sp³-hybridized carbons (Fsp3) is 0.286. The van der Waals surface area contributed by atoms with Crippen molar-refractivity contribution in [2.45, 2.75) is 19.5 Å². The summed E-state index contributed by atoms with van der Waals surface area (Å²) in [6.07, 6.45) is 4.52. The highest BCUT2D eigenvalue weighted by Crippen LogP contribution is 2.33. The van der Waals surface area contributed by atoms with Gasteiger partial charge >= 0.3 is 6.61 Å². The zero-order chi connectivity index (χ0) is 21.8. The molecule has 4 N–H and O–H groups in total. The number of hydrogen-bond donors (Lipinski definition) is 4. The number of ether oxygens (including phenoxy) is 1. The Morgan fingerprint density at radius 3 is 2.77 bits per heavy atom. The number of alkyl halides is 2. The van der Waals surface area contributed by atoms with Crippen molar-refractivity contribution in [2.24, 2.45) is 5.92 Å². The van der Waals surface area contributed by atoms with Crippen molar-refractivity contribution in [1.29, 1.82) is 5.41 Å². The van der Waals surface area contributed by atoms with E-state index in [1.807, 2.05) is 0 Å². The first-order valence-corrected chi connectivity index (χ1v) is 10.7. The van der Waals surface area contributed by atoms with Crippen molar-refractivity contribution < 1.29 is 18.3 Å². The van der Waals surface area contributed by atoms with E-state index in [1.165, 1.54) is 17.4 Å². The van der Waals surface area contributed by atoms with Crippen LogP contribution in [0.4, 0.5) is 8.78 Å². The Morgan fingerprint density at radius 1 is 1.26 bits per heavy atom. The fourth-order valence-corrected chi connectivity index (χ4v) is 4.48. The van der Waals surface area contributed by atoms with Gasteiger partial charge in [0.1, 0.15) is 16.6 Å². The van der Waals surface area contributed by atoms with Gasteiger partial charge in [0.2, 0.25) is 0 Å². The highest BCUT2D eigenvalue weighted by atomic mass is 32.1. The molecule has 31 heavy (non-hydrogen) atoms. The van der Waals surface area contributed by atoms with E-state index in [-0.39, 0.29) is 17.6 Å². The van der Waals surface area contributed by atoms with Crippen molar-refractivity contribution in [3.8, 4) is 17.0 Å². The number of carbonyl (C=O) groups excluding carboxylic acids is 1. The number of para-hydroxylation sites is 1. The van der Waals surface area contributed by atoms with Gasteiger partial charge < -0.3 is 26.1 Å². The quantitative estimate of drug-likeness (QED) is 0.511. The van der Waals surface area contributed by atoms with Gasteiger partial charge in [0, 0.05) is 34.8 Å². The largest absolute Gasteiger partial charge is 0.434 e. The Labute approximate surface area is 181 Å². The molecule has 1 saturated heterocycles. The molecule has 0 atom stereocenters. The molecule has 7 nitrogen and oxygen atoms in total. The summed E-state index contributed by atoms with van der Waals surface area (Å²) in [6.45, 7) is -1.17. The SMILES string of the molecule is N=C/C(=C1/NC(=O)C=C(C2CCNCC2)N1)c1nc(-c2ccccc2OC(F)F)cs1. The average molecular weight is 445 g/mol. The van der Waals surface area contributed by atoms with Gasteiger partial charge in [-0.15, -0.1) is 11.3 Å². The number of thiazole rings is 1. The van der Waals surface area contributed by atoms with Crippen molar-refractivity contribution in [3.05, 3.63) is 52.2 Å². The van der Waals surface area contributed by atoms with Gasteiger partial charge in [0.15, 0.2) is 0 Å². The molecular weight excluding hydrogens is 424 g/mol. The molecule has 1 amide bonds. The molecule has 0 aliphatic carbocycles. The lowest BCUT2D eigenvalue weighted by molar-refractivity contribution is -0.116. The number of rotatable bonds is 6. The number of carbonyl (C=O) groups is 1. The summed E-state index contributed by atoms with van der Waals surface area (Å²) >= 11 is 1.25. The molecule has 0 bridgehead atoms. The third-order valence-corrected chi connectivity index (χ3v) is 5.99. The van der Waals surface area contributed by atoms with Crippen LogP contribution in [-0.2, 0) is 4.79 Å². The maximum atomic E-state index is 12.7. The lowest BCUT2D eigenvalue weighted by atomic mass is 9.93. The number of nitrogens with zero attached hydrogens (tertiary/aromatic N) is 1. The maximum absolute atomic E-state index is 12.7. The molecule has 2 aliphatic heterocycles. The van der Waals surface area contributed by atoms with Crippen LogP contribution in [0.25, 0.3) is 16.8 Å². The third kappa shape index (κ3) is 4.80. The molecule has 2 aliphatic rings. The smallest absolute Gasteiger partial charge is 0.387 e. The van der Waals surface area contributed by atoms with Gasteiger partial charge in [-0.25, -0.2) is 4.98 Å². The van der Waals surface area contributed by atoms with Crippen LogP contribution < -0.4 is 20.7 Å². The fourth-order valence-electron chi connectivity index (χ4n) is 3.64. The Hall–Kier alpha value is -3.11. The second-order valence-electron chi connectivity index (χ2n) is 7.08. The molecule has 0 spiro atoms. The topological polar surface area (TPSA) is 99.1 Å². The number of amides is 1. The van der Waals surface area contributed by atoms with E-state index in [4.69, 9.17) is 5.41 Å². The molecule has 10 heteroatoms. The number of hydrogen-bond acceptors (Lipinski definition) is 7. The number of benzene rings is 1. The van der Waals surface area contributed by atoms with Crippen LogP contribution in [0.15, 0.2) is 47.2 Å². The van der Waals surface area contributed by atoms with Gasteiger partial charge in [-0.3, -0.25) is 4.79 Å². The molecule has 1 aromatic carbocycles. The van der Waals surface area contributed by atoms with Crippen molar-refractivity contribution in [3.63, 3.8) is 0 Å². The Morgan fingerprint density at radius 2 is 2.03 bits per heavy atom. The van der Waals surface area contributed by atoms with Crippen molar-refractivity contribution in [1.82, 2.24) is 20.9 Å². The van der Waals surface area contributed by atoms with Gasteiger partial charge in [-0.1, -0.05) is 12.1 Å². The zero-order valence-electron chi connectivity index (χ0n) is 16.5. The number of aromatic nitrogens is 1. The van der Waals surface area contributed by atoms with E-state index in [9.17, 15) is 13.6 Å². The summed E-state index contributed by atoms with van der Waals surface area (Å²) in [5.74, 6) is 0.404. The third-order valence-electron chi connectivity index (χ3n) is 5.11. The molecule has 0 radical (unpaired) electrons. The van der Waals surface area contributed by atoms with E-state index in [0.29, 0.717) is 27.7 Å². The molecule has 0 saturated carbocycles. The monoisotopic (exact) mass is 445 g/mol. The number of nitrogens with one attached hydrogen (secondary N) is 4. The van der Waals surface area contributed by atoms with Crippen molar-refractivity contribution in [2.75, 3.05) is 13.1 Å². The maximum Gasteiger partial charge on any atom is 0.387 e. The number of allylic oxidation sites excluding steroid dienone is 2. The summed E-state index contributed by atoms with van der Waals surface area (Å²) in [5, 5.41) is 19.4. The van der Waals surface area contributed by atoms with Gasteiger partial charge in [-0.2, -0.15) is 8.78 Å². The van der Waals surface area contributed by atoms with Crippen LogP contribution in [0.5, 0.6) is 5.75 Å². The van der Waals surface area contributed by atoms with Crippen LogP contribution in [0.3, 0.4) is 0 Å². The lowest BCUT2D eigenvalue weighted by Gasteiger charge is -2.29. The predicted molar refractivity (Wildman–Crippen MR) is 115 cm³/mol. The minimum Gasteiger partial charge on any atom is -0.434 e. The summed E-state index contributed by atoms with van der Waals surface area (Å²) in [5.41, 5.74) is 2.12. The average Bonchev–Trinajstić information content (AvgIpc) is 3.24. The summed E-state index contributed by atoms with van der Waals surface area (Å²) in [7, 11) is 0. The summed E-state index contributed by atoms with van der Waals surface area (Å²) < 4.78 is 30.1. The van der Waals surface area contributed by atoms with Crippen LogP contribution in [-0.4, -0.2) is 36.8 Å². The number of halogens is 2. The normalized spacial score (nSPS) is 18.8. The standard InChI is InChI=1S/C21H21F2N5O2S/c22-21(23)30-17-4-2-1-3-13(17)16-11-31-20(27-16)14(10-24)19-26-15(9-18(29)28-19)12-5-7-25-8-6-12/h1-4,9-12,21,24-26H,5-8H2,(H,28,29)/b19-14-,24-10?. The van der Waals surface area contributed by atoms with Gasteiger partial charge in [0.05, 0.1) is 11.3 Å². The minimum atomic E-state index is -2.94. The Balaban J connectivity index is 1.64. The lowest BCUT2D eigenvalue weighted by Crippen LogP contribution is -2.41. The first-order valence-electron chi connectivity index (χ1n) is 9.80. The van der Waals surface area contributed by atoms with E-state index in [1.54, 1.807) is 29.7 Å². The molecule has 4 rings (SSSR count). The van der Waals surface area contributed by atoms with Crippen LogP contribution in [0.2, 0.25) is 0 Å². The Kier molecular flexibility index (Phi) is 6.38. The molecule has 1 aromatic heterocycles. The van der Waals surface area contributed by atoms with Crippen LogP contribution >= 0.6 is 11.3 Å². The molecule has 162 valence electrons. The van der Waals surface area contributed by atoms with Gasteiger partial charge in [-0.05, 0) is 38.1 Å². The van der Waals surface area contributed by atoms with Crippen molar-refractivity contribution >= 4 is 29.0 Å². The Bertz CT molecular complexity index is 1040. The summed E-state index contributed by atoms with van der Waals surface area (Å²) in [6, 6.07) is 6.42. The van der Waals surface area contributed by atoms with E-state index < -0.39 is 6.61 Å². The van der Waals surface area contributed by atoms with E-state index >= 15 is 0 Å². The second kappa shape index (κ2) is 9.36. The highest BCUT2D eigenvalue weighted by Gasteiger charge is 2.25. The minimum absolute atomic E-state index is 0.0265. The second-order valence-corrected chi connectivity index (χ2v) is 7.94. The first-order chi connectivity index (χ1) is 15.0. The summed E-state index contributed by atoms with van der Waals surface area (Å²) in [4.78, 5) is 16.8. The molecule has 1 fully saturated rings. The number of piperidine rings is 1. The van der Waals surface area contributed by atoms with Crippen LogP contribution in [0.1, 0.15) is 17.8 Å². The zero-order valence-corrected chi connectivity index (χ0v) is 17.3. The highest BCUT2D eigenvalue weighted by molar-refractivity contribution is 7.11. The predicted octanol–water partition coefficient (Wildman–Crippen LogP) is 3.33. The molecule has 3 heterocycles. The molecular formula is C21H21F2N5O2S. The van der Waals surface area contributed by atoms with Crippen LogP contribution in [0, 0.1) is 11.3 Å².